The van der Waals surface area contributed by atoms with Crippen LogP contribution in [0.3, 0.4) is 0 Å². The molecule has 2 atom stereocenters. The Labute approximate surface area is 195 Å². The SMILES string of the molecule is COC(=O)C1CC(S(=O)(=O)c2ccccc2C(F)(F)F)CN1c1cc(C)nn1C1CCOCC1. The molecule has 34 heavy (non-hydrogen) atoms. The number of hydrogen-bond acceptors (Lipinski definition) is 7. The summed E-state index contributed by atoms with van der Waals surface area (Å²) in [5.41, 5.74) is -0.537. The van der Waals surface area contributed by atoms with Crippen LogP contribution < -0.4 is 4.90 Å². The van der Waals surface area contributed by atoms with E-state index in [-0.39, 0.29) is 19.0 Å². The van der Waals surface area contributed by atoms with Crippen molar-refractivity contribution >= 4 is 21.6 Å². The highest BCUT2D eigenvalue weighted by molar-refractivity contribution is 7.92. The number of alkyl halides is 3. The number of rotatable bonds is 5. The minimum absolute atomic E-state index is 0.00244. The molecular weight excluding hydrogens is 475 g/mol. The van der Waals surface area contributed by atoms with E-state index < -0.39 is 43.7 Å². The standard InChI is InChI=1S/C22H26F3N3O5S/c1-14-11-20(28(26-14)15-7-9-33-10-8-15)27-13-16(12-18(27)21(29)32-2)34(30,31)19-6-4-3-5-17(19)22(23,24)25/h3-6,11,15-16,18H,7-10,12-13H2,1-2H3. The number of esters is 1. The maximum atomic E-state index is 13.6. The van der Waals surface area contributed by atoms with Crippen LogP contribution in [0.15, 0.2) is 35.2 Å². The molecule has 0 aliphatic carbocycles. The second-order valence-electron chi connectivity index (χ2n) is 8.52. The summed E-state index contributed by atoms with van der Waals surface area (Å²) in [4.78, 5) is 13.5. The van der Waals surface area contributed by atoms with Gasteiger partial charge >= 0.3 is 12.1 Å². The average molecular weight is 502 g/mol. The topological polar surface area (TPSA) is 90.7 Å². The van der Waals surface area contributed by atoms with E-state index in [0.717, 1.165) is 18.2 Å². The van der Waals surface area contributed by atoms with Crippen LogP contribution in [0.2, 0.25) is 0 Å². The maximum absolute atomic E-state index is 13.6. The molecule has 0 amide bonds. The molecule has 2 unspecified atom stereocenters. The summed E-state index contributed by atoms with van der Waals surface area (Å²) in [5.74, 6) is -0.110. The van der Waals surface area contributed by atoms with Crippen molar-refractivity contribution in [2.45, 2.75) is 54.6 Å². The lowest BCUT2D eigenvalue weighted by molar-refractivity contribution is -0.142. The molecule has 0 saturated carbocycles. The summed E-state index contributed by atoms with van der Waals surface area (Å²) in [6.07, 6.45) is -3.63. The number of nitrogens with zero attached hydrogens (tertiary/aromatic N) is 3. The molecule has 0 radical (unpaired) electrons. The van der Waals surface area contributed by atoms with Crippen molar-refractivity contribution in [3.05, 3.63) is 41.6 Å². The molecule has 186 valence electrons. The lowest BCUT2D eigenvalue weighted by Gasteiger charge is -2.30. The number of carbonyl (C=O) groups excluding carboxylic acids is 1. The average Bonchev–Trinajstić information content (AvgIpc) is 3.43. The Morgan fingerprint density at radius 2 is 1.88 bits per heavy atom. The van der Waals surface area contributed by atoms with E-state index in [1.807, 2.05) is 0 Å². The van der Waals surface area contributed by atoms with Gasteiger partial charge in [-0.3, -0.25) is 0 Å². The van der Waals surface area contributed by atoms with Gasteiger partial charge in [-0.15, -0.1) is 0 Å². The van der Waals surface area contributed by atoms with Gasteiger partial charge in [0.15, 0.2) is 9.84 Å². The fourth-order valence-corrected chi connectivity index (χ4v) is 6.59. The molecule has 1 aromatic heterocycles. The van der Waals surface area contributed by atoms with Gasteiger partial charge in [0, 0.05) is 25.8 Å². The first kappa shape index (κ1) is 24.5. The zero-order valence-corrected chi connectivity index (χ0v) is 19.6. The Hall–Kier alpha value is -2.60. The quantitative estimate of drug-likeness (QED) is 0.582. The molecule has 2 aliphatic rings. The fraction of sp³-hybridized carbons (Fsp3) is 0.545. The van der Waals surface area contributed by atoms with Gasteiger partial charge in [0.2, 0.25) is 0 Å². The van der Waals surface area contributed by atoms with Crippen molar-refractivity contribution in [3.8, 4) is 0 Å². The summed E-state index contributed by atoms with van der Waals surface area (Å²) >= 11 is 0. The number of methoxy groups -OCH3 is 1. The first-order valence-electron chi connectivity index (χ1n) is 10.9. The van der Waals surface area contributed by atoms with Crippen molar-refractivity contribution in [3.63, 3.8) is 0 Å². The van der Waals surface area contributed by atoms with Crippen LogP contribution in [0.25, 0.3) is 0 Å². The lowest BCUT2D eigenvalue weighted by atomic mass is 10.1. The number of sulfone groups is 1. The van der Waals surface area contributed by atoms with Gasteiger partial charge in [-0.05, 0) is 38.3 Å². The number of aryl methyl sites for hydroxylation is 1. The minimum atomic E-state index is -4.83. The number of anilines is 1. The monoisotopic (exact) mass is 501 g/mol. The Bertz CT molecular complexity index is 1160. The Morgan fingerprint density at radius 1 is 1.21 bits per heavy atom. The van der Waals surface area contributed by atoms with Crippen molar-refractivity contribution in [1.82, 2.24) is 9.78 Å². The summed E-state index contributed by atoms with van der Waals surface area (Å²) in [5, 5.41) is 3.32. The molecule has 0 N–H and O–H groups in total. The van der Waals surface area contributed by atoms with Crippen LogP contribution >= 0.6 is 0 Å². The van der Waals surface area contributed by atoms with Gasteiger partial charge in [0.1, 0.15) is 11.9 Å². The van der Waals surface area contributed by atoms with Crippen LogP contribution in [0, 0.1) is 6.92 Å². The second kappa shape index (κ2) is 9.21. The molecule has 2 aromatic rings. The minimum Gasteiger partial charge on any atom is -0.467 e. The van der Waals surface area contributed by atoms with Crippen LogP contribution in [0.1, 0.15) is 36.6 Å². The molecule has 0 bridgehead atoms. The van der Waals surface area contributed by atoms with Crippen LogP contribution in [-0.2, 0) is 30.3 Å². The summed E-state index contributed by atoms with van der Waals surface area (Å²) in [6.45, 7) is 2.72. The zero-order valence-electron chi connectivity index (χ0n) is 18.8. The highest BCUT2D eigenvalue weighted by atomic mass is 32.2. The van der Waals surface area contributed by atoms with E-state index in [1.165, 1.54) is 13.2 Å². The van der Waals surface area contributed by atoms with Crippen LogP contribution in [0.4, 0.5) is 19.0 Å². The Balaban J connectivity index is 1.73. The number of benzene rings is 1. The molecule has 1 aromatic carbocycles. The van der Waals surface area contributed by atoms with E-state index in [4.69, 9.17) is 9.47 Å². The number of aromatic nitrogens is 2. The molecule has 2 aliphatic heterocycles. The van der Waals surface area contributed by atoms with E-state index in [1.54, 1.807) is 22.6 Å². The number of carbonyl (C=O) groups is 1. The van der Waals surface area contributed by atoms with Crippen molar-refractivity contribution in [2.24, 2.45) is 0 Å². The van der Waals surface area contributed by atoms with Crippen molar-refractivity contribution < 1.29 is 35.9 Å². The smallest absolute Gasteiger partial charge is 0.417 e. The Kier molecular flexibility index (Phi) is 6.65. The van der Waals surface area contributed by atoms with E-state index in [9.17, 15) is 26.4 Å². The van der Waals surface area contributed by atoms with Crippen molar-refractivity contribution in [1.29, 1.82) is 0 Å². The van der Waals surface area contributed by atoms with Gasteiger partial charge in [0.25, 0.3) is 0 Å². The zero-order chi connectivity index (χ0) is 24.7. The second-order valence-corrected chi connectivity index (χ2v) is 10.7. The number of halogens is 3. The van der Waals surface area contributed by atoms with Gasteiger partial charge in [0.05, 0.1) is 34.6 Å². The highest BCUT2D eigenvalue weighted by Crippen LogP contribution is 2.39. The van der Waals surface area contributed by atoms with E-state index >= 15 is 0 Å². The molecule has 8 nitrogen and oxygen atoms in total. The molecule has 3 heterocycles. The first-order valence-corrected chi connectivity index (χ1v) is 12.5. The maximum Gasteiger partial charge on any atom is 0.417 e. The number of hydrogen-bond donors (Lipinski definition) is 0. The highest BCUT2D eigenvalue weighted by Gasteiger charge is 2.47. The molecule has 2 fully saturated rings. The summed E-state index contributed by atoms with van der Waals surface area (Å²) in [6, 6.07) is 4.90. The normalized spacial score (nSPS) is 22.2. The fourth-order valence-electron chi connectivity index (χ4n) is 4.68. The summed E-state index contributed by atoms with van der Waals surface area (Å²) in [7, 11) is -3.22. The van der Waals surface area contributed by atoms with Crippen LogP contribution in [-0.4, -0.2) is 62.3 Å². The molecular formula is C22H26F3N3O5S. The van der Waals surface area contributed by atoms with Crippen molar-refractivity contribution in [2.75, 3.05) is 31.8 Å². The molecule has 2 saturated heterocycles. The molecule has 0 spiro atoms. The third kappa shape index (κ3) is 4.52. The summed E-state index contributed by atoms with van der Waals surface area (Å²) < 4.78 is 79.6. The van der Waals surface area contributed by atoms with Crippen LogP contribution in [0.5, 0.6) is 0 Å². The lowest BCUT2D eigenvalue weighted by Crippen LogP contribution is -2.39. The van der Waals surface area contributed by atoms with Gasteiger partial charge < -0.3 is 14.4 Å². The third-order valence-corrected chi connectivity index (χ3v) is 8.53. The van der Waals surface area contributed by atoms with Gasteiger partial charge in [-0.2, -0.15) is 18.3 Å². The molecule has 12 heteroatoms. The van der Waals surface area contributed by atoms with Gasteiger partial charge in [-0.25, -0.2) is 17.9 Å². The number of ether oxygens (including phenoxy) is 2. The Morgan fingerprint density at radius 3 is 2.53 bits per heavy atom. The van der Waals surface area contributed by atoms with E-state index in [0.29, 0.717) is 37.6 Å². The van der Waals surface area contributed by atoms with E-state index in [2.05, 4.69) is 5.10 Å². The largest absolute Gasteiger partial charge is 0.467 e. The predicted octanol–water partition coefficient (Wildman–Crippen LogP) is 3.16. The first-order chi connectivity index (χ1) is 16.0. The molecule has 4 rings (SSSR count). The van der Waals surface area contributed by atoms with Gasteiger partial charge in [-0.1, -0.05) is 12.1 Å². The third-order valence-electron chi connectivity index (χ3n) is 6.34. The predicted molar refractivity (Wildman–Crippen MR) is 116 cm³/mol.